The zero-order valence-corrected chi connectivity index (χ0v) is 30.0. The predicted molar refractivity (Wildman–Crippen MR) is 186 cm³/mol. The van der Waals surface area contributed by atoms with E-state index in [1.807, 2.05) is 0 Å². The molecule has 2 aliphatic rings. The lowest BCUT2D eigenvalue weighted by molar-refractivity contribution is -0.139. The second kappa shape index (κ2) is 15.6. The first-order chi connectivity index (χ1) is 24.8. The SMILES string of the molecule is COc1cc(F)c(-c2ccc(CC(NC(=O)OC(C)(C)C)C(=O)O)cc2)cc1C(=O)NC1C2CCC(C2)C1C(=O)Nc1cccc([S+]([O-])C(F)(F)F)c1. The highest BCUT2D eigenvalue weighted by Crippen LogP contribution is 2.49. The third-order valence-corrected chi connectivity index (χ3v) is 10.4. The summed E-state index contributed by atoms with van der Waals surface area (Å²) in [4.78, 5) is 50.9. The fourth-order valence-electron chi connectivity index (χ4n) is 6.98. The number of aliphatic carboxylic acids is 1. The molecule has 0 heterocycles. The molecule has 3 aromatic carbocycles. The van der Waals surface area contributed by atoms with Crippen molar-refractivity contribution in [2.75, 3.05) is 12.4 Å². The first-order valence-corrected chi connectivity index (χ1v) is 17.9. The second-order valence-corrected chi connectivity index (χ2v) is 15.5. The highest BCUT2D eigenvalue weighted by Gasteiger charge is 2.52. The number of fused-ring (bicyclic) bond motifs is 2. The third kappa shape index (κ3) is 9.40. The van der Waals surface area contributed by atoms with Crippen LogP contribution < -0.4 is 20.7 Å². The fraction of sp³-hybridized carbons (Fsp3) is 0.405. The Hall–Kier alpha value is -4.83. The van der Waals surface area contributed by atoms with Gasteiger partial charge >= 0.3 is 17.6 Å². The van der Waals surface area contributed by atoms with Gasteiger partial charge in [0.05, 0.1) is 29.8 Å². The molecule has 53 heavy (non-hydrogen) atoms. The Morgan fingerprint density at radius 1 is 1.00 bits per heavy atom. The molecule has 2 bridgehead atoms. The van der Waals surface area contributed by atoms with Crippen LogP contribution in [0.25, 0.3) is 11.1 Å². The highest BCUT2D eigenvalue weighted by molar-refractivity contribution is 7.92. The van der Waals surface area contributed by atoms with Crippen molar-refractivity contribution in [1.29, 1.82) is 0 Å². The Bertz CT molecular complexity index is 1870. The van der Waals surface area contributed by atoms with Gasteiger partial charge in [0, 0.05) is 35.8 Å². The van der Waals surface area contributed by atoms with Gasteiger partial charge in [-0.05, 0) is 81.2 Å². The minimum atomic E-state index is -4.97. The molecule has 3 aromatic rings. The third-order valence-electron chi connectivity index (χ3n) is 9.27. The predicted octanol–water partition coefficient (Wildman–Crippen LogP) is 6.43. The Kier molecular flexibility index (Phi) is 11.6. The summed E-state index contributed by atoms with van der Waals surface area (Å²) in [6.07, 6.45) is 1.13. The van der Waals surface area contributed by atoms with Crippen LogP contribution in [-0.4, -0.2) is 63.8 Å². The van der Waals surface area contributed by atoms with Crippen molar-refractivity contribution in [1.82, 2.24) is 10.6 Å². The Morgan fingerprint density at radius 2 is 1.68 bits per heavy atom. The Balaban J connectivity index is 1.32. The average Bonchev–Trinajstić information content (AvgIpc) is 3.69. The van der Waals surface area contributed by atoms with Crippen molar-refractivity contribution in [3.63, 3.8) is 0 Å². The van der Waals surface area contributed by atoms with E-state index in [2.05, 4.69) is 16.0 Å². The lowest BCUT2D eigenvalue weighted by atomic mass is 9.83. The van der Waals surface area contributed by atoms with E-state index in [0.29, 0.717) is 17.5 Å². The normalized spacial score (nSPS) is 20.6. The molecule has 0 spiro atoms. The standard InChI is InChI=1S/C37H39F4N3O8S/c1-36(2,3)52-35(49)43-28(34(47)48)14-19-8-10-20(11-9-19)25-17-26(29(51-4)18-27(25)38)32(45)44-31-22-13-12-21(15-22)30(31)33(46)42-23-6-5-7-24(16-23)53(50)37(39,40)41/h5-11,16-18,21-22,28,30-31H,12-15H2,1-4H3,(H,42,46)(H,43,49)(H,44,45)(H,47,48). The lowest BCUT2D eigenvalue weighted by Crippen LogP contribution is -2.48. The molecule has 6 unspecified atom stereocenters. The Morgan fingerprint density at radius 3 is 2.30 bits per heavy atom. The summed E-state index contributed by atoms with van der Waals surface area (Å²) < 4.78 is 76.9. The first-order valence-electron chi connectivity index (χ1n) is 16.7. The molecule has 5 rings (SSSR count). The number of halogens is 4. The molecule has 2 saturated carbocycles. The molecule has 6 atom stereocenters. The number of carboxylic acids is 1. The topological polar surface area (TPSA) is 166 Å². The summed E-state index contributed by atoms with van der Waals surface area (Å²) >= 11 is -3.28. The van der Waals surface area contributed by atoms with E-state index in [9.17, 15) is 42.0 Å². The molecule has 2 fully saturated rings. The van der Waals surface area contributed by atoms with Gasteiger partial charge in [-0.3, -0.25) is 9.59 Å². The van der Waals surface area contributed by atoms with Gasteiger partial charge in [0.25, 0.3) is 5.91 Å². The van der Waals surface area contributed by atoms with Crippen molar-refractivity contribution < 1.29 is 55.9 Å². The van der Waals surface area contributed by atoms with Crippen molar-refractivity contribution in [2.45, 2.75) is 74.5 Å². The minimum Gasteiger partial charge on any atom is -0.604 e. The van der Waals surface area contributed by atoms with E-state index in [1.54, 1.807) is 45.0 Å². The lowest BCUT2D eigenvalue weighted by Gasteiger charge is -2.31. The van der Waals surface area contributed by atoms with Gasteiger partial charge in [-0.25, -0.2) is 14.0 Å². The number of hydrogen-bond acceptors (Lipinski definition) is 7. The number of hydrogen-bond donors (Lipinski definition) is 4. The number of anilines is 1. The smallest absolute Gasteiger partial charge is 0.578 e. The van der Waals surface area contributed by atoms with E-state index in [-0.39, 0.29) is 40.8 Å². The molecular weight excluding hydrogens is 722 g/mol. The van der Waals surface area contributed by atoms with Gasteiger partial charge in [0.1, 0.15) is 23.2 Å². The highest BCUT2D eigenvalue weighted by atomic mass is 32.2. The number of carbonyl (C=O) groups is 4. The number of alkyl halides is 3. The van der Waals surface area contributed by atoms with Gasteiger partial charge in [-0.1, -0.05) is 30.3 Å². The van der Waals surface area contributed by atoms with E-state index in [1.165, 1.54) is 25.3 Å². The van der Waals surface area contributed by atoms with Crippen molar-refractivity contribution in [3.8, 4) is 16.9 Å². The number of alkyl carbamates (subject to hydrolysis) is 1. The van der Waals surface area contributed by atoms with Crippen molar-refractivity contribution >= 4 is 40.7 Å². The molecular formula is C37H39F4N3O8S. The van der Waals surface area contributed by atoms with E-state index >= 15 is 4.39 Å². The molecule has 11 nitrogen and oxygen atoms in total. The van der Waals surface area contributed by atoms with Crippen LogP contribution in [0, 0.1) is 23.6 Å². The molecule has 0 saturated heterocycles. The second-order valence-electron chi connectivity index (χ2n) is 14.1. The number of carbonyl (C=O) groups excluding carboxylic acids is 3. The van der Waals surface area contributed by atoms with Gasteiger partial charge in [-0.15, -0.1) is 13.2 Å². The van der Waals surface area contributed by atoms with E-state index < -0.39 is 74.9 Å². The number of benzene rings is 3. The van der Waals surface area contributed by atoms with Gasteiger partial charge < -0.3 is 35.1 Å². The molecule has 3 amide bonds. The number of methoxy groups -OCH3 is 1. The van der Waals surface area contributed by atoms with Gasteiger partial charge in [0.2, 0.25) is 5.91 Å². The summed E-state index contributed by atoms with van der Waals surface area (Å²) in [6, 6.07) is 11.4. The van der Waals surface area contributed by atoms with Crippen molar-refractivity contribution in [3.05, 3.63) is 77.6 Å². The number of ether oxygens (including phenoxy) is 2. The summed E-state index contributed by atoms with van der Waals surface area (Å²) in [7, 11) is 1.28. The molecule has 2 aliphatic carbocycles. The van der Waals surface area contributed by atoms with E-state index in [4.69, 9.17) is 9.47 Å². The average molecular weight is 762 g/mol. The van der Waals surface area contributed by atoms with Crippen LogP contribution in [0.15, 0.2) is 65.6 Å². The van der Waals surface area contributed by atoms with Crippen LogP contribution in [-0.2, 0) is 31.9 Å². The van der Waals surface area contributed by atoms with Crippen LogP contribution in [0.1, 0.15) is 56.0 Å². The van der Waals surface area contributed by atoms with Crippen LogP contribution >= 0.6 is 0 Å². The van der Waals surface area contributed by atoms with Crippen LogP contribution in [0.2, 0.25) is 0 Å². The maximum atomic E-state index is 15.4. The maximum Gasteiger partial charge on any atom is 0.578 e. The molecule has 0 radical (unpaired) electrons. The number of carboxylic acid groups (broad SMARTS) is 1. The number of amides is 3. The molecule has 16 heteroatoms. The maximum absolute atomic E-state index is 15.4. The van der Waals surface area contributed by atoms with Gasteiger partial charge in [-0.2, -0.15) is 0 Å². The fourth-order valence-corrected chi connectivity index (χ4v) is 7.69. The monoisotopic (exact) mass is 761 g/mol. The molecule has 284 valence electrons. The van der Waals surface area contributed by atoms with Crippen molar-refractivity contribution in [2.24, 2.45) is 17.8 Å². The van der Waals surface area contributed by atoms with E-state index in [0.717, 1.165) is 31.0 Å². The quantitative estimate of drug-likeness (QED) is 0.128. The molecule has 0 aliphatic heterocycles. The number of rotatable bonds is 11. The number of nitrogens with one attached hydrogen (secondary N) is 3. The summed E-state index contributed by atoms with van der Waals surface area (Å²) in [6.45, 7) is 4.93. The minimum absolute atomic E-state index is 0.00950. The van der Waals surface area contributed by atoms with Crippen LogP contribution in [0.5, 0.6) is 5.75 Å². The van der Waals surface area contributed by atoms with Crippen LogP contribution in [0.3, 0.4) is 0 Å². The summed E-state index contributed by atoms with van der Waals surface area (Å²) in [5, 5.41) is 17.5. The first kappa shape index (κ1) is 39.4. The zero-order chi connectivity index (χ0) is 38.8. The van der Waals surface area contributed by atoms with Crippen LogP contribution in [0.4, 0.5) is 28.0 Å². The van der Waals surface area contributed by atoms with Gasteiger partial charge in [0.15, 0.2) is 4.90 Å². The summed E-state index contributed by atoms with van der Waals surface area (Å²) in [5.74, 6) is -4.04. The largest absolute Gasteiger partial charge is 0.604 e. The summed E-state index contributed by atoms with van der Waals surface area (Å²) in [5.41, 5.74) is -4.85. The molecule has 0 aromatic heterocycles. The zero-order valence-electron chi connectivity index (χ0n) is 29.2. The Labute approximate surface area is 306 Å². The molecule has 4 N–H and O–H groups in total.